The van der Waals surface area contributed by atoms with Gasteiger partial charge in [-0.2, -0.15) is 0 Å². The second-order valence-corrected chi connectivity index (χ2v) is 3.51. The number of hydrogen-bond acceptors (Lipinski definition) is 2. The fraction of sp³-hybridized carbons (Fsp3) is 0.909. The van der Waals surface area contributed by atoms with Gasteiger partial charge in [-0.05, 0) is 32.4 Å². The highest BCUT2D eigenvalue weighted by Crippen LogP contribution is 2.06. The Balaban J connectivity index is 3.43. The van der Waals surface area contributed by atoms with Crippen molar-refractivity contribution in [1.82, 2.24) is 10.6 Å². The minimum Gasteiger partial charge on any atom is -0.356 e. The standard InChI is InChI=1S/C11H24N2O/c1-4-10(5-2)11(14)13-9-7-8-12-6-3/h10,12H,4-9H2,1-3H3,(H,13,14). The molecule has 0 saturated carbocycles. The largest absolute Gasteiger partial charge is 0.356 e. The zero-order valence-electron chi connectivity index (χ0n) is 9.73. The lowest BCUT2D eigenvalue weighted by Gasteiger charge is -2.12. The molecular weight excluding hydrogens is 176 g/mol. The zero-order chi connectivity index (χ0) is 10.8. The van der Waals surface area contributed by atoms with Gasteiger partial charge in [0, 0.05) is 12.5 Å². The molecule has 0 aliphatic carbocycles. The molecule has 0 saturated heterocycles. The molecule has 0 rings (SSSR count). The van der Waals surface area contributed by atoms with Crippen LogP contribution in [0.15, 0.2) is 0 Å². The molecule has 3 nitrogen and oxygen atoms in total. The van der Waals surface area contributed by atoms with Crippen LogP contribution in [0, 0.1) is 5.92 Å². The highest BCUT2D eigenvalue weighted by Gasteiger charge is 2.12. The second-order valence-electron chi connectivity index (χ2n) is 3.51. The van der Waals surface area contributed by atoms with E-state index < -0.39 is 0 Å². The van der Waals surface area contributed by atoms with Crippen molar-refractivity contribution < 1.29 is 4.79 Å². The Labute approximate surface area is 87.6 Å². The van der Waals surface area contributed by atoms with Crippen LogP contribution in [-0.4, -0.2) is 25.5 Å². The number of carbonyl (C=O) groups is 1. The Morgan fingerprint density at radius 1 is 1.14 bits per heavy atom. The van der Waals surface area contributed by atoms with Gasteiger partial charge in [0.1, 0.15) is 0 Å². The summed E-state index contributed by atoms with van der Waals surface area (Å²) in [5, 5.41) is 6.19. The van der Waals surface area contributed by atoms with Crippen molar-refractivity contribution in [3.05, 3.63) is 0 Å². The summed E-state index contributed by atoms with van der Waals surface area (Å²) in [5.74, 6) is 0.417. The molecule has 0 atom stereocenters. The number of carbonyl (C=O) groups excluding carboxylic acids is 1. The first-order valence-corrected chi connectivity index (χ1v) is 5.74. The summed E-state index contributed by atoms with van der Waals surface area (Å²) in [4.78, 5) is 11.5. The molecule has 2 N–H and O–H groups in total. The first-order valence-electron chi connectivity index (χ1n) is 5.74. The van der Waals surface area contributed by atoms with Crippen LogP contribution in [-0.2, 0) is 4.79 Å². The summed E-state index contributed by atoms with van der Waals surface area (Å²) in [5.41, 5.74) is 0. The fourth-order valence-corrected chi connectivity index (χ4v) is 1.41. The highest BCUT2D eigenvalue weighted by atomic mass is 16.1. The van der Waals surface area contributed by atoms with Gasteiger partial charge in [-0.1, -0.05) is 20.8 Å². The molecule has 3 heteroatoms. The van der Waals surface area contributed by atoms with Crippen LogP contribution < -0.4 is 10.6 Å². The van der Waals surface area contributed by atoms with Gasteiger partial charge in [0.2, 0.25) is 5.91 Å². The van der Waals surface area contributed by atoms with Gasteiger partial charge in [-0.15, -0.1) is 0 Å². The molecule has 0 aromatic carbocycles. The van der Waals surface area contributed by atoms with Crippen LogP contribution in [0.25, 0.3) is 0 Å². The smallest absolute Gasteiger partial charge is 0.223 e. The Morgan fingerprint density at radius 3 is 2.29 bits per heavy atom. The third-order valence-electron chi connectivity index (χ3n) is 2.44. The topological polar surface area (TPSA) is 41.1 Å². The van der Waals surface area contributed by atoms with Crippen LogP contribution in [0.1, 0.15) is 40.0 Å². The van der Waals surface area contributed by atoms with E-state index in [0.717, 1.165) is 38.9 Å². The number of rotatable bonds is 8. The van der Waals surface area contributed by atoms with Gasteiger partial charge in [-0.3, -0.25) is 4.79 Å². The van der Waals surface area contributed by atoms with E-state index in [0.29, 0.717) is 0 Å². The minimum absolute atomic E-state index is 0.203. The van der Waals surface area contributed by atoms with Crippen LogP contribution in [0.2, 0.25) is 0 Å². The van der Waals surface area contributed by atoms with E-state index in [1.807, 2.05) is 0 Å². The van der Waals surface area contributed by atoms with Crippen molar-refractivity contribution in [1.29, 1.82) is 0 Å². The van der Waals surface area contributed by atoms with Gasteiger partial charge in [-0.25, -0.2) is 0 Å². The summed E-state index contributed by atoms with van der Waals surface area (Å²) in [6.07, 6.45) is 2.89. The molecule has 84 valence electrons. The highest BCUT2D eigenvalue weighted by molar-refractivity contribution is 5.78. The van der Waals surface area contributed by atoms with Crippen LogP contribution in [0.3, 0.4) is 0 Å². The van der Waals surface area contributed by atoms with Crippen molar-refractivity contribution in [2.75, 3.05) is 19.6 Å². The third kappa shape index (κ3) is 5.97. The van der Waals surface area contributed by atoms with Crippen molar-refractivity contribution in [2.24, 2.45) is 5.92 Å². The first-order chi connectivity index (χ1) is 6.76. The minimum atomic E-state index is 0.203. The molecule has 0 aliphatic heterocycles. The summed E-state index contributed by atoms with van der Waals surface area (Å²) in [6, 6.07) is 0. The predicted octanol–water partition coefficient (Wildman–Crippen LogP) is 1.54. The lowest BCUT2D eigenvalue weighted by Crippen LogP contribution is -2.32. The van der Waals surface area contributed by atoms with E-state index in [-0.39, 0.29) is 11.8 Å². The zero-order valence-corrected chi connectivity index (χ0v) is 9.73. The van der Waals surface area contributed by atoms with Crippen molar-refractivity contribution in [2.45, 2.75) is 40.0 Å². The summed E-state index contributed by atoms with van der Waals surface area (Å²) in [7, 11) is 0. The van der Waals surface area contributed by atoms with Crippen molar-refractivity contribution in [3.63, 3.8) is 0 Å². The second kappa shape index (κ2) is 9.00. The summed E-state index contributed by atoms with van der Waals surface area (Å²) in [6.45, 7) is 8.99. The molecule has 1 amide bonds. The molecule has 0 aliphatic rings. The quantitative estimate of drug-likeness (QED) is 0.584. The van der Waals surface area contributed by atoms with Crippen molar-refractivity contribution >= 4 is 5.91 Å². The normalized spacial score (nSPS) is 10.6. The van der Waals surface area contributed by atoms with Gasteiger partial charge in [0.15, 0.2) is 0 Å². The van der Waals surface area contributed by atoms with Gasteiger partial charge >= 0.3 is 0 Å². The summed E-state index contributed by atoms with van der Waals surface area (Å²) < 4.78 is 0. The van der Waals surface area contributed by atoms with E-state index in [4.69, 9.17) is 0 Å². The predicted molar refractivity (Wildman–Crippen MR) is 60.2 cm³/mol. The molecule has 0 bridgehead atoms. The summed E-state index contributed by atoms with van der Waals surface area (Å²) >= 11 is 0. The third-order valence-corrected chi connectivity index (χ3v) is 2.44. The molecule has 0 spiro atoms. The Bertz CT molecular complexity index is 144. The monoisotopic (exact) mass is 200 g/mol. The average Bonchev–Trinajstić information content (AvgIpc) is 2.19. The molecule has 0 aromatic rings. The maximum absolute atomic E-state index is 11.5. The van der Waals surface area contributed by atoms with Gasteiger partial charge < -0.3 is 10.6 Å². The lowest BCUT2D eigenvalue weighted by atomic mass is 10.0. The van der Waals surface area contributed by atoms with Crippen LogP contribution in [0.5, 0.6) is 0 Å². The van der Waals surface area contributed by atoms with Crippen LogP contribution in [0.4, 0.5) is 0 Å². The number of hydrogen-bond donors (Lipinski definition) is 2. The van der Waals surface area contributed by atoms with E-state index in [2.05, 4.69) is 31.4 Å². The van der Waals surface area contributed by atoms with Gasteiger partial charge in [0.25, 0.3) is 0 Å². The molecule has 0 radical (unpaired) electrons. The average molecular weight is 200 g/mol. The number of amides is 1. The van der Waals surface area contributed by atoms with Crippen LogP contribution >= 0.6 is 0 Å². The fourth-order valence-electron chi connectivity index (χ4n) is 1.41. The first kappa shape index (κ1) is 13.4. The Hall–Kier alpha value is -0.570. The molecule has 0 unspecified atom stereocenters. The molecular formula is C11H24N2O. The lowest BCUT2D eigenvalue weighted by molar-refractivity contribution is -0.125. The van der Waals surface area contributed by atoms with Gasteiger partial charge in [0.05, 0.1) is 0 Å². The Morgan fingerprint density at radius 2 is 1.79 bits per heavy atom. The maximum atomic E-state index is 11.5. The SMILES string of the molecule is CCNCCCNC(=O)C(CC)CC. The van der Waals surface area contributed by atoms with Crippen molar-refractivity contribution in [3.8, 4) is 0 Å². The van der Waals surface area contributed by atoms with E-state index in [1.165, 1.54) is 0 Å². The molecule has 0 heterocycles. The maximum Gasteiger partial charge on any atom is 0.223 e. The molecule has 0 aromatic heterocycles. The van der Waals surface area contributed by atoms with E-state index in [1.54, 1.807) is 0 Å². The Kier molecular flexibility index (Phi) is 8.64. The van der Waals surface area contributed by atoms with E-state index in [9.17, 15) is 4.79 Å². The number of nitrogens with one attached hydrogen (secondary N) is 2. The molecule has 0 fully saturated rings. The van der Waals surface area contributed by atoms with E-state index >= 15 is 0 Å². The molecule has 14 heavy (non-hydrogen) atoms.